The molecule has 27 heavy (non-hydrogen) atoms. The Labute approximate surface area is 164 Å². The van der Waals surface area contributed by atoms with Crippen molar-refractivity contribution in [3.8, 4) is 17.2 Å². The highest BCUT2D eigenvalue weighted by Gasteiger charge is 2.21. The molecule has 1 aliphatic heterocycles. The van der Waals surface area contributed by atoms with Crippen molar-refractivity contribution in [1.29, 1.82) is 0 Å². The van der Waals surface area contributed by atoms with Crippen LogP contribution in [0.3, 0.4) is 0 Å². The summed E-state index contributed by atoms with van der Waals surface area (Å²) >= 11 is 1.51. The van der Waals surface area contributed by atoms with Crippen LogP contribution in [0.5, 0.6) is 17.2 Å². The summed E-state index contributed by atoms with van der Waals surface area (Å²) in [6.45, 7) is 5.31. The summed E-state index contributed by atoms with van der Waals surface area (Å²) < 4.78 is 16.4. The normalized spacial score (nSPS) is 13.9. The second-order valence-electron chi connectivity index (χ2n) is 6.66. The molecule has 1 heterocycles. The smallest absolute Gasteiger partial charge is 0.230 e. The quantitative estimate of drug-likeness (QED) is 0.726. The molecule has 1 N–H and O–H groups in total. The van der Waals surface area contributed by atoms with Gasteiger partial charge in [-0.25, -0.2) is 0 Å². The van der Waals surface area contributed by atoms with Gasteiger partial charge in [-0.05, 0) is 47.9 Å². The molecule has 3 rings (SSSR count). The van der Waals surface area contributed by atoms with Crippen molar-refractivity contribution in [1.82, 2.24) is 5.32 Å². The number of methoxy groups -OCH3 is 1. The molecular formula is C21H25NO4S. The minimum Gasteiger partial charge on any atom is -0.497 e. The molecule has 144 valence electrons. The Morgan fingerprint density at radius 3 is 2.48 bits per heavy atom. The van der Waals surface area contributed by atoms with Gasteiger partial charge in [0.15, 0.2) is 11.5 Å². The predicted octanol–water partition coefficient (Wildman–Crippen LogP) is 4.07. The number of amides is 1. The van der Waals surface area contributed by atoms with Crippen LogP contribution >= 0.6 is 11.8 Å². The van der Waals surface area contributed by atoms with E-state index in [1.807, 2.05) is 42.5 Å². The Bertz CT molecular complexity index is 776. The monoisotopic (exact) mass is 387 g/mol. The number of nitrogens with one attached hydrogen (secondary N) is 1. The van der Waals surface area contributed by atoms with Gasteiger partial charge in [-0.2, -0.15) is 0 Å². The van der Waals surface area contributed by atoms with Crippen molar-refractivity contribution in [3.63, 3.8) is 0 Å². The van der Waals surface area contributed by atoms with Gasteiger partial charge in [0.1, 0.15) is 19.0 Å². The summed E-state index contributed by atoms with van der Waals surface area (Å²) in [6, 6.07) is 13.5. The zero-order chi connectivity index (χ0) is 19.2. The lowest BCUT2D eigenvalue weighted by Crippen LogP contribution is -2.33. The third-order valence-corrected chi connectivity index (χ3v) is 5.35. The maximum absolute atomic E-state index is 12.5. The summed E-state index contributed by atoms with van der Waals surface area (Å²) in [7, 11) is 1.64. The number of rotatable bonds is 7. The first-order valence-electron chi connectivity index (χ1n) is 9.02. The molecular weight excluding hydrogens is 362 g/mol. The first-order chi connectivity index (χ1) is 13.1. The number of carbonyl (C=O) groups excluding carboxylic acids is 1. The number of hydrogen-bond acceptors (Lipinski definition) is 5. The van der Waals surface area contributed by atoms with Gasteiger partial charge in [0.25, 0.3) is 0 Å². The molecule has 2 aromatic carbocycles. The Kier molecular flexibility index (Phi) is 6.50. The minimum absolute atomic E-state index is 0.00408. The van der Waals surface area contributed by atoms with E-state index in [-0.39, 0.29) is 17.9 Å². The highest BCUT2D eigenvalue weighted by Crippen LogP contribution is 2.34. The molecule has 0 saturated carbocycles. The van der Waals surface area contributed by atoms with E-state index in [0.29, 0.717) is 19.0 Å². The number of fused-ring (bicyclic) bond motifs is 1. The van der Waals surface area contributed by atoms with Gasteiger partial charge < -0.3 is 19.5 Å². The second kappa shape index (κ2) is 9.04. The van der Waals surface area contributed by atoms with Gasteiger partial charge in [-0.3, -0.25) is 4.79 Å². The van der Waals surface area contributed by atoms with Gasteiger partial charge in [0, 0.05) is 4.90 Å². The van der Waals surface area contributed by atoms with Crippen molar-refractivity contribution in [3.05, 3.63) is 48.0 Å². The molecule has 0 saturated heterocycles. The Morgan fingerprint density at radius 2 is 1.81 bits per heavy atom. The third-order valence-electron chi connectivity index (χ3n) is 4.34. The van der Waals surface area contributed by atoms with Crippen molar-refractivity contribution >= 4 is 17.7 Å². The summed E-state index contributed by atoms with van der Waals surface area (Å²) in [5.74, 6) is 2.93. The van der Waals surface area contributed by atoms with Crippen LogP contribution in [0, 0.1) is 5.92 Å². The Balaban J connectivity index is 1.62. The van der Waals surface area contributed by atoms with Gasteiger partial charge in [0.05, 0.1) is 18.9 Å². The van der Waals surface area contributed by atoms with Crippen LogP contribution in [0.4, 0.5) is 0 Å². The third kappa shape index (κ3) is 5.10. The lowest BCUT2D eigenvalue weighted by molar-refractivity contribution is -0.119. The topological polar surface area (TPSA) is 56.8 Å². The molecule has 0 aliphatic carbocycles. The highest BCUT2D eigenvalue weighted by atomic mass is 32.2. The predicted molar refractivity (Wildman–Crippen MR) is 107 cm³/mol. The average Bonchev–Trinajstić information content (AvgIpc) is 2.70. The number of ether oxygens (including phenoxy) is 3. The molecule has 6 heteroatoms. The van der Waals surface area contributed by atoms with Gasteiger partial charge in [-0.15, -0.1) is 11.8 Å². The number of carbonyl (C=O) groups is 1. The lowest BCUT2D eigenvalue weighted by Gasteiger charge is -2.25. The Morgan fingerprint density at radius 1 is 1.11 bits per heavy atom. The molecule has 0 radical (unpaired) electrons. The SMILES string of the molecule is COc1ccc(SCC(=O)N[C@H](c2ccc3c(c2)OCCO3)C(C)C)cc1. The van der Waals surface area contributed by atoms with Crippen LogP contribution in [0.2, 0.25) is 0 Å². The highest BCUT2D eigenvalue weighted by molar-refractivity contribution is 8.00. The van der Waals surface area contributed by atoms with E-state index in [4.69, 9.17) is 14.2 Å². The number of hydrogen-bond donors (Lipinski definition) is 1. The van der Waals surface area contributed by atoms with E-state index in [1.54, 1.807) is 7.11 Å². The average molecular weight is 388 g/mol. The molecule has 5 nitrogen and oxygen atoms in total. The summed E-state index contributed by atoms with van der Waals surface area (Å²) in [6.07, 6.45) is 0. The van der Waals surface area contributed by atoms with E-state index in [2.05, 4.69) is 19.2 Å². The Hall–Kier alpha value is -2.34. The van der Waals surface area contributed by atoms with Crippen molar-refractivity contribution in [2.24, 2.45) is 5.92 Å². The second-order valence-corrected chi connectivity index (χ2v) is 7.71. The van der Waals surface area contributed by atoms with E-state index < -0.39 is 0 Å². The number of thioether (sulfide) groups is 1. The summed E-state index contributed by atoms with van der Waals surface area (Å²) in [4.78, 5) is 13.5. The fourth-order valence-corrected chi connectivity index (χ4v) is 3.63. The molecule has 0 aromatic heterocycles. The zero-order valence-corrected chi connectivity index (χ0v) is 16.7. The van der Waals surface area contributed by atoms with Crippen LogP contribution in [0.1, 0.15) is 25.5 Å². The van der Waals surface area contributed by atoms with E-state index in [0.717, 1.165) is 27.7 Å². The number of benzene rings is 2. The van der Waals surface area contributed by atoms with Gasteiger partial charge >= 0.3 is 0 Å². The first kappa shape index (κ1) is 19.4. The minimum atomic E-state index is -0.0789. The summed E-state index contributed by atoms with van der Waals surface area (Å²) in [5.41, 5.74) is 1.03. The standard InChI is InChI=1S/C21H25NO4S/c1-14(2)21(15-4-9-18-19(12-15)26-11-10-25-18)22-20(23)13-27-17-7-5-16(24-3)6-8-17/h4-9,12,14,21H,10-11,13H2,1-3H3,(H,22,23)/t21-/m0/s1. The molecule has 1 amide bonds. The molecule has 1 atom stereocenters. The van der Waals surface area contributed by atoms with Crippen LogP contribution in [0.25, 0.3) is 0 Å². The van der Waals surface area contributed by atoms with Crippen LogP contribution < -0.4 is 19.5 Å². The van der Waals surface area contributed by atoms with E-state index in [9.17, 15) is 4.79 Å². The van der Waals surface area contributed by atoms with Crippen molar-refractivity contribution in [2.75, 3.05) is 26.1 Å². The molecule has 0 unspecified atom stereocenters. The molecule has 0 bridgehead atoms. The fraction of sp³-hybridized carbons (Fsp3) is 0.381. The van der Waals surface area contributed by atoms with E-state index in [1.165, 1.54) is 11.8 Å². The zero-order valence-electron chi connectivity index (χ0n) is 15.9. The lowest BCUT2D eigenvalue weighted by atomic mass is 9.95. The van der Waals surface area contributed by atoms with Gasteiger partial charge in [-0.1, -0.05) is 19.9 Å². The van der Waals surface area contributed by atoms with Crippen molar-refractivity contribution in [2.45, 2.75) is 24.8 Å². The molecule has 2 aromatic rings. The van der Waals surface area contributed by atoms with E-state index >= 15 is 0 Å². The van der Waals surface area contributed by atoms with Crippen molar-refractivity contribution < 1.29 is 19.0 Å². The van der Waals surface area contributed by atoms with Crippen LogP contribution in [-0.4, -0.2) is 32.0 Å². The van der Waals surface area contributed by atoms with Crippen LogP contribution in [0.15, 0.2) is 47.4 Å². The summed E-state index contributed by atoms with van der Waals surface area (Å²) in [5, 5.41) is 3.15. The van der Waals surface area contributed by atoms with Crippen LogP contribution in [-0.2, 0) is 4.79 Å². The fourth-order valence-electron chi connectivity index (χ4n) is 2.92. The van der Waals surface area contributed by atoms with Gasteiger partial charge in [0.2, 0.25) is 5.91 Å². The first-order valence-corrected chi connectivity index (χ1v) is 10.0. The largest absolute Gasteiger partial charge is 0.497 e. The maximum Gasteiger partial charge on any atom is 0.230 e. The molecule has 1 aliphatic rings. The molecule has 0 fully saturated rings. The maximum atomic E-state index is 12.5. The molecule has 0 spiro atoms.